The van der Waals surface area contributed by atoms with Crippen molar-refractivity contribution in [3.8, 4) is 0 Å². The summed E-state index contributed by atoms with van der Waals surface area (Å²) in [4.78, 5) is 0. The number of benzene rings is 2. The molecule has 0 unspecified atom stereocenters. The molecule has 1 aliphatic heterocycles. The van der Waals surface area contributed by atoms with E-state index in [2.05, 4.69) is 49.4 Å². The Bertz CT molecular complexity index is 660. The van der Waals surface area contributed by atoms with E-state index in [1.807, 2.05) is 0 Å². The smallest absolute Gasteiger partial charge is 0.191 e. The van der Waals surface area contributed by atoms with Crippen LogP contribution in [0.15, 0.2) is 42.5 Å². The Kier molecular flexibility index (Phi) is 3.47. The molecule has 0 radical (unpaired) electrons. The van der Waals surface area contributed by atoms with Crippen LogP contribution in [0.1, 0.15) is 44.6 Å². The molecule has 1 heterocycles. The van der Waals surface area contributed by atoms with Crippen molar-refractivity contribution in [1.82, 2.24) is 0 Å². The van der Waals surface area contributed by atoms with Gasteiger partial charge in [0.05, 0.1) is 13.2 Å². The predicted molar refractivity (Wildman–Crippen MR) is 88.7 cm³/mol. The number of ether oxygens (including phenoxy) is 2. The molecule has 116 valence electrons. The average Bonchev–Trinajstić information content (AvgIpc) is 2.58. The van der Waals surface area contributed by atoms with Crippen molar-refractivity contribution in [2.45, 2.75) is 44.8 Å². The first-order chi connectivity index (χ1) is 10.7. The Morgan fingerprint density at radius 2 is 1.50 bits per heavy atom. The van der Waals surface area contributed by atoms with Crippen molar-refractivity contribution in [3.63, 3.8) is 0 Å². The average molecular weight is 296 g/mol. The molecule has 2 heteroatoms. The molecule has 1 spiro atoms. The summed E-state index contributed by atoms with van der Waals surface area (Å²) < 4.78 is 12.5. The third kappa shape index (κ3) is 2.45. The van der Waals surface area contributed by atoms with Gasteiger partial charge in [-0.25, -0.2) is 0 Å². The number of rotatable bonds is 1. The lowest BCUT2D eigenvalue weighted by Crippen LogP contribution is -2.47. The van der Waals surface area contributed by atoms with E-state index in [0.29, 0.717) is 0 Å². The second-order valence-electron chi connectivity index (χ2n) is 7.15. The molecule has 0 N–H and O–H groups in total. The van der Waals surface area contributed by atoms with Crippen LogP contribution in [0.2, 0.25) is 0 Å². The van der Waals surface area contributed by atoms with Gasteiger partial charge in [-0.2, -0.15) is 0 Å². The minimum Gasteiger partial charge on any atom is -0.345 e. The molecule has 2 aromatic carbocycles. The second-order valence-corrected chi connectivity index (χ2v) is 7.15. The highest BCUT2D eigenvalue weighted by atomic mass is 16.7. The summed E-state index contributed by atoms with van der Waals surface area (Å²) in [6, 6.07) is 14.9. The van der Waals surface area contributed by atoms with Gasteiger partial charge in [0.15, 0.2) is 5.79 Å². The molecular weight excluding hydrogens is 272 g/mol. The van der Waals surface area contributed by atoms with Gasteiger partial charge in [0.2, 0.25) is 0 Å². The maximum atomic E-state index is 6.27. The number of hydrogen-bond donors (Lipinski definition) is 0. The van der Waals surface area contributed by atoms with E-state index in [0.717, 1.165) is 18.8 Å². The number of fused-ring (bicyclic) bond motifs is 1. The lowest BCUT2D eigenvalue weighted by Gasteiger charge is -2.46. The summed E-state index contributed by atoms with van der Waals surface area (Å²) in [6.45, 7) is 3.72. The predicted octanol–water partition coefficient (Wildman–Crippen LogP) is 5.01. The standard InChI is InChI=1S/C20H24O2/c1-19(18-10-9-16-7-3-4-8-17(16)13-18)21-14-20(15-22-19)11-5-2-6-12-20/h3-4,7-10,13H,2,5-6,11-12,14-15H2,1H3. The van der Waals surface area contributed by atoms with E-state index in [4.69, 9.17) is 9.47 Å². The quantitative estimate of drug-likeness (QED) is 0.736. The lowest BCUT2D eigenvalue weighted by atomic mass is 9.74. The normalized spacial score (nSPS) is 23.7. The van der Waals surface area contributed by atoms with Gasteiger partial charge in [0, 0.05) is 11.0 Å². The zero-order chi connectivity index (χ0) is 15.0. The summed E-state index contributed by atoms with van der Waals surface area (Å²) in [5, 5.41) is 2.50. The van der Waals surface area contributed by atoms with Gasteiger partial charge < -0.3 is 9.47 Å². The van der Waals surface area contributed by atoms with E-state index in [1.165, 1.54) is 42.9 Å². The first-order valence-corrected chi connectivity index (χ1v) is 8.47. The van der Waals surface area contributed by atoms with Gasteiger partial charge in [-0.1, -0.05) is 55.7 Å². The Hall–Kier alpha value is -1.38. The molecule has 22 heavy (non-hydrogen) atoms. The van der Waals surface area contributed by atoms with Crippen LogP contribution in [-0.2, 0) is 15.3 Å². The molecule has 1 saturated carbocycles. The Morgan fingerprint density at radius 3 is 2.23 bits per heavy atom. The molecule has 0 atom stereocenters. The minimum atomic E-state index is -0.604. The minimum absolute atomic E-state index is 0.272. The highest BCUT2D eigenvalue weighted by Gasteiger charge is 2.43. The Balaban J connectivity index is 1.58. The highest BCUT2D eigenvalue weighted by Crippen LogP contribution is 2.44. The number of hydrogen-bond acceptors (Lipinski definition) is 2. The van der Waals surface area contributed by atoms with Crippen molar-refractivity contribution in [2.75, 3.05) is 13.2 Å². The molecule has 0 aromatic heterocycles. The molecule has 1 aliphatic carbocycles. The third-order valence-electron chi connectivity index (χ3n) is 5.50. The van der Waals surface area contributed by atoms with Crippen LogP contribution < -0.4 is 0 Å². The zero-order valence-corrected chi connectivity index (χ0v) is 13.3. The molecule has 2 aromatic rings. The molecule has 2 fully saturated rings. The maximum Gasteiger partial charge on any atom is 0.191 e. The fraction of sp³-hybridized carbons (Fsp3) is 0.500. The van der Waals surface area contributed by atoms with Crippen LogP contribution in [0.4, 0.5) is 0 Å². The van der Waals surface area contributed by atoms with Gasteiger partial charge in [0.1, 0.15) is 0 Å². The topological polar surface area (TPSA) is 18.5 Å². The molecular formula is C20H24O2. The molecule has 2 aliphatic rings. The summed E-state index contributed by atoms with van der Waals surface area (Å²) in [6.07, 6.45) is 6.50. The summed E-state index contributed by atoms with van der Waals surface area (Å²) >= 11 is 0. The van der Waals surface area contributed by atoms with Crippen LogP contribution in [0.25, 0.3) is 10.8 Å². The van der Waals surface area contributed by atoms with Crippen molar-refractivity contribution >= 4 is 10.8 Å². The van der Waals surface area contributed by atoms with Crippen LogP contribution in [0.5, 0.6) is 0 Å². The SMILES string of the molecule is CC1(c2ccc3ccccc3c2)OCC2(CCCCC2)CO1. The first-order valence-electron chi connectivity index (χ1n) is 8.47. The Labute approximate surface area is 132 Å². The molecule has 0 bridgehead atoms. The summed E-state index contributed by atoms with van der Waals surface area (Å²) in [5.41, 5.74) is 1.39. The summed E-state index contributed by atoms with van der Waals surface area (Å²) in [7, 11) is 0. The zero-order valence-electron chi connectivity index (χ0n) is 13.3. The van der Waals surface area contributed by atoms with Crippen molar-refractivity contribution in [1.29, 1.82) is 0 Å². The van der Waals surface area contributed by atoms with E-state index in [9.17, 15) is 0 Å². The van der Waals surface area contributed by atoms with Gasteiger partial charge >= 0.3 is 0 Å². The van der Waals surface area contributed by atoms with E-state index < -0.39 is 5.79 Å². The van der Waals surface area contributed by atoms with Crippen molar-refractivity contribution in [2.24, 2.45) is 5.41 Å². The third-order valence-corrected chi connectivity index (χ3v) is 5.50. The van der Waals surface area contributed by atoms with E-state index in [1.54, 1.807) is 0 Å². The largest absolute Gasteiger partial charge is 0.345 e. The van der Waals surface area contributed by atoms with Crippen LogP contribution in [-0.4, -0.2) is 13.2 Å². The maximum absolute atomic E-state index is 6.27. The molecule has 1 saturated heterocycles. The lowest BCUT2D eigenvalue weighted by molar-refractivity contribution is -0.307. The summed E-state index contributed by atoms with van der Waals surface area (Å²) in [5.74, 6) is -0.604. The fourth-order valence-electron chi connectivity index (χ4n) is 3.89. The van der Waals surface area contributed by atoms with Crippen molar-refractivity contribution in [3.05, 3.63) is 48.0 Å². The molecule has 0 amide bonds. The van der Waals surface area contributed by atoms with E-state index >= 15 is 0 Å². The van der Waals surface area contributed by atoms with Crippen LogP contribution >= 0.6 is 0 Å². The monoisotopic (exact) mass is 296 g/mol. The van der Waals surface area contributed by atoms with Gasteiger partial charge in [-0.3, -0.25) is 0 Å². The van der Waals surface area contributed by atoms with Gasteiger partial charge in [0.25, 0.3) is 0 Å². The first kappa shape index (κ1) is 14.2. The van der Waals surface area contributed by atoms with Gasteiger partial charge in [-0.15, -0.1) is 0 Å². The highest BCUT2D eigenvalue weighted by molar-refractivity contribution is 5.83. The van der Waals surface area contributed by atoms with Gasteiger partial charge in [-0.05, 0) is 36.6 Å². The molecule has 2 nitrogen and oxygen atoms in total. The second kappa shape index (κ2) is 5.36. The van der Waals surface area contributed by atoms with Crippen LogP contribution in [0.3, 0.4) is 0 Å². The fourth-order valence-corrected chi connectivity index (χ4v) is 3.89. The molecule has 4 rings (SSSR count). The van der Waals surface area contributed by atoms with Crippen LogP contribution in [0, 0.1) is 5.41 Å². The van der Waals surface area contributed by atoms with Crippen molar-refractivity contribution < 1.29 is 9.47 Å². The Morgan fingerprint density at radius 1 is 0.818 bits per heavy atom. The van der Waals surface area contributed by atoms with E-state index in [-0.39, 0.29) is 5.41 Å².